The number of halogens is 1. The van der Waals surface area contributed by atoms with Gasteiger partial charge in [-0.05, 0) is 60.7 Å². The van der Waals surface area contributed by atoms with Gasteiger partial charge in [-0.25, -0.2) is 0 Å². The molecule has 6 nitrogen and oxygen atoms in total. The van der Waals surface area contributed by atoms with Gasteiger partial charge in [0.05, 0.1) is 0 Å². The van der Waals surface area contributed by atoms with Crippen LogP contribution in [0.25, 0.3) is 0 Å². The highest BCUT2D eigenvalue weighted by atomic mass is 35.5. The van der Waals surface area contributed by atoms with Gasteiger partial charge in [-0.3, -0.25) is 9.59 Å². The SMILES string of the molecule is CC[C@@H](C)NC(=O)[C@H](Cc1ccccc1)N(Cc1cccc(Cl)c1)C(=O)CCc1ccc2c(c1)OCO2. The molecule has 0 radical (unpaired) electrons. The van der Waals surface area contributed by atoms with E-state index in [9.17, 15) is 9.59 Å². The molecular weight excluding hydrogens is 488 g/mol. The molecule has 0 unspecified atom stereocenters. The van der Waals surface area contributed by atoms with Gasteiger partial charge < -0.3 is 19.7 Å². The highest BCUT2D eigenvalue weighted by Crippen LogP contribution is 2.33. The Balaban J connectivity index is 1.60. The summed E-state index contributed by atoms with van der Waals surface area (Å²) in [4.78, 5) is 29.0. The zero-order chi connectivity index (χ0) is 26.2. The molecule has 0 aliphatic carbocycles. The number of carbonyl (C=O) groups excluding carboxylic acids is 2. The molecule has 0 aromatic heterocycles. The number of nitrogens with one attached hydrogen (secondary N) is 1. The number of fused-ring (bicyclic) bond motifs is 1. The van der Waals surface area contributed by atoms with Crippen LogP contribution in [0.1, 0.15) is 43.4 Å². The minimum absolute atomic E-state index is 0.00234. The molecule has 1 aliphatic heterocycles. The standard InChI is InChI=1S/C30H33ClN2O4/c1-3-21(2)32-30(35)26(17-22-8-5-4-6-9-22)33(19-24-10-7-11-25(31)16-24)29(34)15-13-23-12-14-27-28(18-23)37-20-36-27/h4-12,14,16,18,21,26H,3,13,15,17,19-20H2,1-2H3,(H,32,35)/t21-,26+/m1/s1. The molecule has 3 aromatic carbocycles. The van der Waals surface area contributed by atoms with Gasteiger partial charge in [0.15, 0.2) is 11.5 Å². The molecule has 4 rings (SSSR count). The van der Waals surface area contributed by atoms with Crippen LogP contribution in [-0.2, 0) is 29.0 Å². The van der Waals surface area contributed by atoms with Crippen LogP contribution in [0, 0.1) is 0 Å². The zero-order valence-electron chi connectivity index (χ0n) is 21.3. The fourth-order valence-corrected chi connectivity index (χ4v) is 4.53. The van der Waals surface area contributed by atoms with Crippen LogP contribution in [0.5, 0.6) is 11.5 Å². The van der Waals surface area contributed by atoms with Gasteiger partial charge in [-0.1, -0.05) is 67.1 Å². The lowest BCUT2D eigenvalue weighted by atomic mass is 10.0. The minimum Gasteiger partial charge on any atom is -0.454 e. The number of benzene rings is 3. The Morgan fingerprint density at radius 2 is 1.70 bits per heavy atom. The van der Waals surface area contributed by atoms with E-state index >= 15 is 0 Å². The second kappa shape index (κ2) is 12.6. The lowest BCUT2D eigenvalue weighted by molar-refractivity contribution is -0.141. The van der Waals surface area contributed by atoms with E-state index in [1.807, 2.05) is 80.6 Å². The van der Waals surface area contributed by atoms with Gasteiger partial charge in [-0.2, -0.15) is 0 Å². The third-order valence-electron chi connectivity index (χ3n) is 6.58. The summed E-state index contributed by atoms with van der Waals surface area (Å²) in [5.41, 5.74) is 2.84. The topological polar surface area (TPSA) is 67.9 Å². The number of ether oxygens (including phenoxy) is 2. The first-order valence-electron chi connectivity index (χ1n) is 12.7. The van der Waals surface area contributed by atoms with Crippen molar-refractivity contribution in [2.24, 2.45) is 0 Å². The molecular formula is C30H33ClN2O4. The number of rotatable bonds is 11. The van der Waals surface area contributed by atoms with Crippen molar-refractivity contribution < 1.29 is 19.1 Å². The molecule has 2 amide bonds. The Hall–Kier alpha value is -3.51. The van der Waals surface area contributed by atoms with E-state index in [4.69, 9.17) is 21.1 Å². The van der Waals surface area contributed by atoms with Gasteiger partial charge in [0.25, 0.3) is 0 Å². The zero-order valence-corrected chi connectivity index (χ0v) is 22.0. The van der Waals surface area contributed by atoms with Crippen molar-refractivity contribution in [1.29, 1.82) is 0 Å². The fraction of sp³-hybridized carbons (Fsp3) is 0.333. The van der Waals surface area contributed by atoms with Gasteiger partial charge in [0, 0.05) is 30.5 Å². The molecule has 0 saturated heterocycles. The number of hydrogen-bond donors (Lipinski definition) is 1. The quantitative estimate of drug-likeness (QED) is 0.359. The lowest BCUT2D eigenvalue weighted by Gasteiger charge is -2.32. The third kappa shape index (κ3) is 7.26. The van der Waals surface area contributed by atoms with E-state index in [2.05, 4.69) is 5.32 Å². The van der Waals surface area contributed by atoms with Gasteiger partial charge in [-0.15, -0.1) is 0 Å². The summed E-state index contributed by atoms with van der Waals surface area (Å²) < 4.78 is 10.9. The van der Waals surface area contributed by atoms with E-state index in [1.165, 1.54) is 0 Å². The smallest absolute Gasteiger partial charge is 0.243 e. The molecule has 1 heterocycles. The highest BCUT2D eigenvalue weighted by Gasteiger charge is 2.31. The van der Waals surface area contributed by atoms with E-state index in [0.717, 1.165) is 23.1 Å². The molecule has 0 bridgehead atoms. The summed E-state index contributed by atoms with van der Waals surface area (Å²) in [6, 6.07) is 22.3. The summed E-state index contributed by atoms with van der Waals surface area (Å²) in [5, 5.41) is 3.69. The Morgan fingerprint density at radius 3 is 2.46 bits per heavy atom. The molecule has 1 N–H and O–H groups in total. The molecule has 2 atom stereocenters. The average Bonchev–Trinajstić information content (AvgIpc) is 3.38. The number of carbonyl (C=O) groups is 2. The second-order valence-corrected chi connectivity index (χ2v) is 9.80. The Morgan fingerprint density at radius 1 is 0.946 bits per heavy atom. The maximum Gasteiger partial charge on any atom is 0.243 e. The predicted octanol–water partition coefficient (Wildman–Crippen LogP) is 5.56. The van der Waals surface area contributed by atoms with Crippen LogP contribution in [0.15, 0.2) is 72.8 Å². The summed E-state index contributed by atoms with van der Waals surface area (Å²) in [5.74, 6) is 1.15. The van der Waals surface area contributed by atoms with E-state index in [-0.39, 0.29) is 37.6 Å². The van der Waals surface area contributed by atoms with Crippen LogP contribution >= 0.6 is 11.6 Å². The molecule has 1 aliphatic rings. The monoisotopic (exact) mass is 520 g/mol. The largest absolute Gasteiger partial charge is 0.454 e. The number of aryl methyl sites for hydroxylation is 1. The summed E-state index contributed by atoms with van der Waals surface area (Å²) in [6.45, 7) is 4.49. The van der Waals surface area contributed by atoms with E-state index < -0.39 is 6.04 Å². The normalized spacial score (nSPS) is 13.6. The first-order chi connectivity index (χ1) is 17.9. The first-order valence-corrected chi connectivity index (χ1v) is 13.1. The van der Waals surface area contributed by atoms with E-state index in [1.54, 1.807) is 11.0 Å². The molecule has 0 spiro atoms. The maximum atomic E-state index is 13.8. The summed E-state index contributed by atoms with van der Waals surface area (Å²) >= 11 is 6.25. The molecule has 0 fully saturated rings. The lowest BCUT2D eigenvalue weighted by Crippen LogP contribution is -2.52. The highest BCUT2D eigenvalue weighted by molar-refractivity contribution is 6.30. The van der Waals surface area contributed by atoms with Gasteiger partial charge >= 0.3 is 0 Å². The van der Waals surface area contributed by atoms with Crippen LogP contribution in [0.3, 0.4) is 0 Å². The van der Waals surface area contributed by atoms with Crippen LogP contribution in [0.4, 0.5) is 0 Å². The first kappa shape index (κ1) is 26.6. The maximum absolute atomic E-state index is 13.8. The predicted molar refractivity (Wildman–Crippen MR) is 145 cm³/mol. The Bertz CT molecular complexity index is 1220. The molecule has 7 heteroatoms. The Labute approximate surface area is 223 Å². The van der Waals surface area contributed by atoms with Crippen molar-refractivity contribution in [2.75, 3.05) is 6.79 Å². The molecule has 3 aromatic rings. The number of amides is 2. The molecule has 0 saturated carbocycles. The second-order valence-electron chi connectivity index (χ2n) is 9.36. The molecule has 37 heavy (non-hydrogen) atoms. The minimum atomic E-state index is -0.667. The van der Waals surface area contributed by atoms with E-state index in [0.29, 0.717) is 29.4 Å². The van der Waals surface area contributed by atoms with Crippen LogP contribution in [0.2, 0.25) is 5.02 Å². The molecule has 194 valence electrons. The van der Waals surface area contributed by atoms with Crippen molar-refractivity contribution in [2.45, 2.75) is 58.2 Å². The fourth-order valence-electron chi connectivity index (χ4n) is 4.32. The number of nitrogens with zero attached hydrogens (tertiary/aromatic N) is 1. The van der Waals surface area contributed by atoms with Crippen molar-refractivity contribution in [3.05, 3.63) is 94.5 Å². The van der Waals surface area contributed by atoms with Crippen molar-refractivity contribution in [3.8, 4) is 11.5 Å². The van der Waals surface area contributed by atoms with Crippen LogP contribution in [-0.4, -0.2) is 35.6 Å². The van der Waals surface area contributed by atoms with Gasteiger partial charge in [0.1, 0.15) is 6.04 Å². The van der Waals surface area contributed by atoms with Crippen molar-refractivity contribution >= 4 is 23.4 Å². The summed E-state index contributed by atoms with van der Waals surface area (Å²) in [7, 11) is 0. The van der Waals surface area contributed by atoms with Crippen molar-refractivity contribution in [3.63, 3.8) is 0 Å². The number of hydrogen-bond acceptors (Lipinski definition) is 4. The average molecular weight is 521 g/mol. The van der Waals surface area contributed by atoms with Crippen molar-refractivity contribution in [1.82, 2.24) is 10.2 Å². The Kier molecular flexibility index (Phi) is 9.07. The third-order valence-corrected chi connectivity index (χ3v) is 6.81. The van der Waals surface area contributed by atoms with Gasteiger partial charge in [0.2, 0.25) is 18.6 Å². The summed E-state index contributed by atoms with van der Waals surface area (Å²) in [6.07, 6.45) is 1.99. The van der Waals surface area contributed by atoms with Crippen LogP contribution < -0.4 is 14.8 Å².